The molecule has 0 aromatic heterocycles. The molecule has 0 radical (unpaired) electrons. The van der Waals surface area contributed by atoms with Crippen molar-refractivity contribution in [2.24, 2.45) is 0 Å². The third-order valence-electron chi connectivity index (χ3n) is 3.73. The fourth-order valence-electron chi connectivity index (χ4n) is 2.30. The van der Waals surface area contributed by atoms with E-state index in [1.54, 1.807) is 30.3 Å². The molecular formula is C21H19NO4. The zero-order chi connectivity index (χ0) is 19.1. The summed E-state index contributed by atoms with van der Waals surface area (Å²) in [6.07, 6.45) is 0. The standard InChI is InChI=1S/C13H9NO3.C8H10O/c15-13(10-4-2-1-3-5-10)11-6-8-12(9-7-11)14(16)17;1-6-3-4-8(9)7(2)5-6/h1-9H;3-5,9H,1-2H3. The number of hydrogen-bond donors (Lipinski definition) is 1. The van der Waals surface area contributed by atoms with E-state index in [1.165, 1.54) is 29.8 Å². The highest BCUT2D eigenvalue weighted by Gasteiger charge is 2.10. The number of nitro benzene ring substituents is 1. The lowest BCUT2D eigenvalue weighted by molar-refractivity contribution is -0.384. The molecule has 0 unspecified atom stereocenters. The van der Waals surface area contributed by atoms with Crippen molar-refractivity contribution in [2.45, 2.75) is 13.8 Å². The number of ketones is 1. The molecule has 0 aliphatic heterocycles. The van der Waals surface area contributed by atoms with Gasteiger partial charge in [-0.25, -0.2) is 0 Å². The number of rotatable bonds is 3. The Balaban J connectivity index is 0.000000228. The fourth-order valence-corrected chi connectivity index (χ4v) is 2.30. The molecule has 0 saturated carbocycles. The van der Waals surface area contributed by atoms with E-state index in [0.29, 0.717) is 16.9 Å². The van der Waals surface area contributed by atoms with Crippen LogP contribution in [0.15, 0.2) is 72.8 Å². The van der Waals surface area contributed by atoms with Crippen LogP contribution in [0.25, 0.3) is 0 Å². The molecule has 0 aliphatic carbocycles. The summed E-state index contributed by atoms with van der Waals surface area (Å²) in [6, 6.07) is 20.0. The van der Waals surface area contributed by atoms with Gasteiger partial charge in [-0.1, -0.05) is 48.0 Å². The Kier molecular flexibility index (Phi) is 6.22. The van der Waals surface area contributed by atoms with Gasteiger partial charge in [0, 0.05) is 23.3 Å². The van der Waals surface area contributed by atoms with Gasteiger partial charge >= 0.3 is 0 Å². The lowest BCUT2D eigenvalue weighted by atomic mass is 10.0. The lowest BCUT2D eigenvalue weighted by Gasteiger charge is -2.00. The van der Waals surface area contributed by atoms with Crippen molar-refractivity contribution in [3.8, 4) is 5.75 Å². The van der Waals surface area contributed by atoms with Crippen molar-refractivity contribution in [1.29, 1.82) is 0 Å². The van der Waals surface area contributed by atoms with E-state index in [4.69, 9.17) is 5.11 Å². The van der Waals surface area contributed by atoms with Crippen molar-refractivity contribution in [3.05, 3.63) is 105 Å². The topological polar surface area (TPSA) is 80.4 Å². The van der Waals surface area contributed by atoms with Crippen molar-refractivity contribution < 1.29 is 14.8 Å². The maximum atomic E-state index is 12.0. The molecule has 0 heterocycles. The Bertz CT molecular complexity index is 903. The number of phenolic OH excluding ortho intramolecular Hbond substituents is 1. The van der Waals surface area contributed by atoms with Gasteiger partial charge in [-0.3, -0.25) is 14.9 Å². The second-order valence-electron chi connectivity index (χ2n) is 5.79. The predicted molar refractivity (Wildman–Crippen MR) is 101 cm³/mol. The van der Waals surface area contributed by atoms with Gasteiger partial charge in [-0.15, -0.1) is 0 Å². The quantitative estimate of drug-likeness (QED) is 0.417. The SMILES string of the molecule is Cc1ccc(O)c(C)c1.O=C(c1ccccc1)c1ccc([N+](=O)[O-])cc1. The normalized spacial score (nSPS) is 9.77. The van der Waals surface area contributed by atoms with Gasteiger partial charge in [0.2, 0.25) is 0 Å². The molecule has 0 amide bonds. The van der Waals surface area contributed by atoms with Crippen molar-refractivity contribution in [2.75, 3.05) is 0 Å². The second kappa shape index (κ2) is 8.58. The molecule has 3 aromatic carbocycles. The van der Waals surface area contributed by atoms with Crippen molar-refractivity contribution in [1.82, 2.24) is 0 Å². The minimum atomic E-state index is -0.489. The smallest absolute Gasteiger partial charge is 0.269 e. The third kappa shape index (κ3) is 5.01. The molecule has 0 saturated heterocycles. The average Bonchev–Trinajstić information content (AvgIpc) is 2.66. The zero-order valence-electron chi connectivity index (χ0n) is 14.5. The number of nitro groups is 1. The minimum Gasteiger partial charge on any atom is -0.508 e. The van der Waals surface area contributed by atoms with Gasteiger partial charge < -0.3 is 5.11 Å². The summed E-state index contributed by atoms with van der Waals surface area (Å²) < 4.78 is 0. The van der Waals surface area contributed by atoms with Gasteiger partial charge in [-0.2, -0.15) is 0 Å². The van der Waals surface area contributed by atoms with E-state index in [0.717, 1.165) is 5.56 Å². The van der Waals surface area contributed by atoms with Crippen LogP contribution in [0, 0.1) is 24.0 Å². The summed E-state index contributed by atoms with van der Waals surface area (Å²) in [4.78, 5) is 21.9. The van der Waals surface area contributed by atoms with E-state index in [1.807, 2.05) is 32.0 Å². The number of carbonyl (C=O) groups excluding carboxylic acids is 1. The molecule has 0 fully saturated rings. The fraction of sp³-hybridized carbons (Fsp3) is 0.0952. The lowest BCUT2D eigenvalue weighted by Crippen LogP contribution is -2.00. The number of phenols is 1. The van der Waals surface area contributed by atoms with Crippen LogP contribution < -0.4 is 0 Å². The van der Waals surface area contributed by atoms with E-state index >= 15 is 0 Å². The Morgan fingerprint density at radius 2 is 1.46 bits per heavy atom. The average molecular weight is 349 g/mol. The van der Waals surface area contributed by atoms with Crippen LogP contribution in [0.1, 0.15) is 27.0 Å². The molecule has 3 rings (SSSR count). The molecule has 5 nitrogen and oxygen atoms in total. The molecule has 1 N–H and O–H groups in total. The largest absolute Gasteiger partial charge is 0.508 e. The molecule has 26 heavy (non-hydrogen) atoms. The van der Waals surface area contributed by atoms with Crippen LogP contribution in [-0.4, -0.2) is 15.8 Å². The third-order valence-corrected chi connectivity index (χ3v) is 3.73. The molecule has 0 aliphatic rings. The summed E-state index contributed by atoms with van der Waals surface area (Å²) in [6.45, 7) is 3.90. The first kappa shape index (κ1) is 18.9. The van der Waals surface area contributed by atoms with E-state index in [-0.39, 0.29) is 11.5 Å². The summed E-state index contributed by atoms with van der Waals surface area (Å²) >= 11 is 0. The molecular weight excluding hydrogens is 330 g/mol. The highest BCUT2D eigenvalue weighted by atomic mass is 16.6. The maximum absolute atomic E-state index is 12.0. The Morgan fingerprint density at radius 3 is 1.96 bits per heavy atom. The maximum Gasteiger partial charge on any atom is 0.269 e. The van der Waals surface area contributed by atoms with Crippen LogP contribution in [0.4, 0.5) is 5.69 Å². The van der Waals surface area contributed by atoms with Crippen LogP contribution in [-0.2, 0) is 0 Å². The molecule has 5 heteroatoms. The summed E-state index contributed by atoms with van der Waals surface area (Å²) in [5, 5.41) is 19.5. The molecule has 132 valence electrons. The molecule has 0 spiro atoms. The highest BCUT2D eigenvalue weighted by Crippen LogP contribution is 2.16. The Hall–Kier alpha value is -3.47. The Labute approximate surface area is 151 Å². The first-order valence-electron chi connectivity index (χ1n) is 7.99. The molecule has 0 bridgehead atoms. The van der Waals surface area contributed by atoms with Crippen LogP contribution in [0.5, 0.6) is 5.75 Å². The first-order chi connectivity index (χ1) is 12.4. The Morgan fingerprint density at radius 1 is 0.885 bits per heavy atom. The molecule has 3 aromatic rings. The van der Waals surface area contributed by atoms with Crippen LogP contribution in [0.2, 0.25) is 0 Å². The summed E-state index contributed by atoms with van der Waals surface area (Å²) in [5.74, 6) is 0.237. The number of hydrogen-bond acceptors (Lipinski definition) is 4. The predicted octanol–water partition coefficient (Wildman–Crippen LogP) is 4.83. The second-order valence-corrected chi connectivity index (χ2v) is 5.79. The van der Waals surface area contributed by atoms with Crippen LogP contribution >= 0.6 is 0 Å². The van der Waals surface area contributed by atoms with Gasteiger partial charge in [0.1, 0.15) is 5.75 Å². The van der Waals surface area contributed by atoms with E-state index in [9.17, 15) is 14.9 Å². The van der Waals surface area contributed by atoms with Crippen molar-refractivity contribution >= 4 is 11.5 Å². The molecule has 0 atom stereocenters. The minimum absolute atomic E-state index is 0.0189. The van der Waals surface area contributed by atoms with E-state index < -0.39 is 4.92 Å². The number of benzene rings is 3. The van der Waals surface area contributed by atoms with Crippen molar-refractivity contribution in [3.63, 3.8) is 0 Å². The van der Waals surface area contributed by atoms with Gasteiger partial charge in [0.25, 0.3) is 5.69 Å². The van der Waals surface area contributed by atoms with Gasteiger partial charge in [0.05, 0.1) is 4.92 Å². The number of aryl methyl sites for hydroxylation is 2. The number of carbonyl (C=O) groups is 1. The highest BCUT2D eigenvalue weighted by molar-refractivity contribution is 6.09. The van der Waals surface area contributed by atoms with Gasteiger partial charge in [0.15, 0.2) is 5.78 Å². The number of non-ortho nitro benzene ring substituents is 1. The first-order valence-corrected chi connectivity index (χ1v) is 7.99. The van der Waals surface area contributed by atoms with Gasteiger partial charge in [-0.05, 0) is 37.6 Å². The van der Waals surface area contributed by atoms with E-state index in [2.05, 4.69) is 0 Å². The summed E-state index contributed by atoms with van der Waals surface area (Å²) in [5.41, 5.74) is 3.12. The summed E-state index contributed by atoms with van der Waals surface area (Å²) in [7, 11) is 0. The number of aromatic hydroxyl groups is 1. The monoisotopic (exact) mass is 349 g/mol. The number of nitrogens with zero attached hydrogens (tertiary/aromatic N) is 1. The van der Waals surface area contributed by atoms with Crippen LogP contribution in [0.3, 0.4) is 0 Å². The zero-order valence-corrected chi connectivity index (χ0v) is 14.5.